The van der Waals surface area contributed by atoms with E-state index < -0.39 is 11.5 Å². The molecule has 0 aliphatic heterocycles. The van der Waals surface area contributed by atoms with Gasteiger partial charge >= 0.3 is 5.63 Å². The predicted molar refractivity (Wildman–Crippen MR) is 126 cm³/mol. The number of hydrazone groups is 1. The van der Waals surface area contributed by atoms with E-state index in [0.29, 0.717) is 16.7 Å². The summed E-state index contributed by atoms with van der Waals surface area (Å²) in [5, 5.41) is 8.44. The Morgan fingerprint density at radius 2 is 1.56 bits per heavy atom. The summed E-state index contributed by atoms with van der Waals surface area (Å²) >= 11 is 0. The Kier molecular flexibility index (Phi) is 4.88. The Bertz CT molecular complexity index is 1580. The van der Waals surface area contributed by atoms with Crippen molar-refractivity contribution < 1.29 is 13.9 Å². The van der Waals surface area contributed by atoms with Crippen LogP contribution >= 0.6 is 0 Å². The van der Waals surface area contributed by atoms with Crippen molar-refractivity contribution in [1.29, 1.82) is 0 Å². The predicted octanol–water partition coefficient (Wildman–Crippen LogP) is 4.87. The molecule has 32 heavy (non-hydrogen) atoms. The molecule has 0 aliphatic rings. The largest absolute Gasteiger partial charge is 0.496 e. The molecule has 0 unspecified atom stereocenters. The van der Waals surface area contributed by atoms with E-state index in [4.69, 9.17) is 9.15 Å². The van der Waals surface area contributed by atoms with Crippen LogP contribution in [0, 0.1) is 0 Å². The lowest BCUT2D eigenvalue weighted by Gasteiger charge is -2.08. The zero-order chi connectivity index (χ0) is 22.1. The van der Waals surface area contributed by atoms with Gasteiger partial charge in [0.1, 0.15) is 16.9 Å². The van der Waals surface area contributed by atoms with E-state index in [9.17, 15) is 9.59 Å². The third-order valence-corrected chi connectivity index (χ3v) is 5.38. The minimum absolute atomic E-state index is 0.116. The highest BCUT2D eigenvalue weighted by atomic mass is 16.5. The molecule has 0 radical (unpaired) electrons. The maximum Gasteiger partial charge on any atom is 0.349 e. The molecular formula is C26H18N2O4. The van der Waals surface area contributed by atoms with E-state index in [0.717, 1.165) is 27.1 Å². The smallest absolute Gasteiger partial charge is 0.349 e. The van der Waals surface area contributed by atoms with Crippen LogP contribution in [0.2, 0.25) is 0 Å². The molecule has 0 atom stereocenters. The van der Waals surface area contributed by atoms with E-state index in [1.54, 1.807) is 7.11 Å². The lowest BCUT2D eigenvalue weighted by molar-refractivity contribution is 0.0951. The first kappa shape index (κ1) is 19.5. The molecule has 0 aliphatic carbocycles. The number of methoxy groups -OCH3 is 1. The summed E-state index contributed by atoms with van der Waals surface area (Å²) in [5.41, 5.74) is 2.76. The van der Waals surface area contributed by atoms with Crippen LogP contribution in [0.1, 0.15) is 15.9 Å². The molecule has 156 valence electrons. The Morgan fingerprint density at radius 3 is 2.34 bits per heavy atom. The molecule has 1 aromatic heterocycles. The van der Waals surface area contributed by atoms with Crippen molar-refractivity contribution >= 4 is 44.6 Å². The summed E-state index contributed by atoms with van der Waals surface area (Å²) in [6, 6.07) is 24.5. The second-order valence-electron chi connectivity index (χ2n) is 7.25. The quantitative estimate of drug-likeness (QED) is 0.194. The van der Waals surface area contributed by atoms with Crippen molar-refractivity contribution in [2.75, 3.05) is 7.11 Å². The monoisotopic (exact) mass is 422 g/mol. The van der Waals surface area contributed by atoms with Crippen LogP contribution in [0.4, 0.5) is 0 Å². The van der Waals surface area contributed by atoms with Crippen molar-refractivity contribution in [1.82, 2.24) is 5.43 Å². The van der Waals surface area contributed by atoms with Crippen molar-refractivity contribution in [3.8, 4) is 5.75 Å². The summed E-state index contributed by atoms with van der Waals surface area (Å²) in [6.07, 6.45) is 1.51. The summed E-state index contributed by atoms with van der Waals surface area (Å²) < 4.78 is 10.9. The second kappa shape index (κ2) is 8.00. The maximum absolute atomic E-state index is 12.7. The molecule has 0 bridgehead atoms. The van der Waals surface area contributed by atoms with E-state index in [2.05, 4.69) is 10.5 Å². The SMILES string of the molecule is COc1ccc2ccccc2c1/C=N/NC(=O)c1cc2ccc3ccccc3c2oc1=O. The van der Waals surface area contributed by atoms with E-state index >= 15 is 0 Å². The van der Waals surface area contributed by atoms with Gasteiger partial charge in [0.2, 0.25) is 0 Å². The van der Waals surface area contributed by atoms with Gasteiger partial charge in [0.15, 0.2) is 0 Å². The van der Waals surface area contributed by atoms with Crippen molar-refractivity contribution in [2.24, 2.45) is 5.10 Å². The minimum atomic E-state index is -0.718. The van der Waals surface area contributed by atoms with Gasteiger partial charge in [-0.15, -0.1) is 0 Å². The van der Waals surface area contributed by atoms with Gasteiger partial charge in [0.05, 0.1) is 13.3 Å². The van der Waals surface area contributed by atoms with Crippen LogP contribution in [0.5, 0.6) is 5.75 Å². The number of ether oxygens (including phenoxy) is 1. The molecule has 0 fully saturated rings. The lowest BCUT2D eigenvalue weighted by Crippen LogP contribution is -2.24. The molecule has 0 spiro atoms. The summed E-state index contributed by atoms with van der Waals surface area (Å²) in [5.74, 6) is -0.0249. The second-order valence-corrected chi connectivity index (χ2v) is 7.25. The molecule has 0 saturated heterocycles. The highest BCUT2D eigenvalue weighted by molar-refractivity contribution is 6.06. The van der Waals surface area contributed by atoms with Gasteiger partial charge in [-0.05, 0) is 28.3 Å². The number of rotatable bonds is 4. The first-order valence-electron chi connectivity index (χ1n) is 10.0. The van der Waals surface area contributed by atoms with Gasteiger partial charge in [-0.2, -0.15) is 5.10 Å². The first-order chi connectivity index (χ1) is 15.7. The zero-order valence-electron chi connectivity index (χ0n) is 17.2. The first-order valence-corrected chi connectivity index (χ1v) is 10.0. The molecule has 0 saturated carbocycles. The summed E-state index contributed by atoms with van der Waals surface area (Å²) in [7, 11) is 1.57. The maximum atomic E-state index is 12.7. The van der Waals surface area contributed by atoms with Crippen LogP contribution in [-0.4, -0.2) is 19.2 Å². The number of amides is 1. The van der Waals surface area contributed by atoms with Crippen molar-refractivity contribution in [3.63, 3.8) is 0 Å². The number of hydrogen-bond acceptors (Lipinski definition) is 5. The lowest BCUT2D eigenvalue weighted by atomic mass is 10.0. The molecule has 6 heteroatoms. The summed E-state index contributed by atoms with van der Waals surface area (Å²) in [6.45, 7) is 0. The van der Waals surface area contributed by atoms with Gasteiger partial charge < -0.3 is 9.15 Å². The number of carbonyl (C=O) groups excluding carboxylic acids is 1. The average Bonchev–Trinajstić information content (AvgIpc) is 2.83. The van der Waals surface area contributed by atoms with Crippen LogP contribution in [0.15, 0.2) is 93.2 Å². The Labute approximate surface area is 182 Å². The Morgan fingerprint density at radius 1 is 0.906 bits per heavy atom. The normalized spacial score (nSPS) is 11.4. The van der Waals surface area contributed by atoms with Crippen molar-refractivity contribution in [3.05, 3.63) is 100 Å². The van der Waals surface area contributed by atoms with E-state index in [-0.39, 0.29) is 5.56 Å². The fourth-order valence-electron chi connectivity index (χ4n) is 3.81. The number of fused-ring (bicyclic) bond motifs is 4. The van der Waals surface area contributed by atoms with Crippen LogP contribution in [0.3, 0.4) is 0 Å². The molecule has 4 aromatic carbocycles. The number of benzene rings is 4. The molecule has 5 rings (SSSR count). The highest BCUT2D eigenvalue weighted by Crippen LogP contribution is 2.27. The fraction of sp³-hybridized carbons (Fsp3) is 0.0385. The zero-order valence-corrected chi connectivity index (χ0v) is 17.2. The summed E-state index contributed by atoms with van der Waals surface area (Å²) in [4.78, 5) is 25.2. The van der Waals surface area contributed by atoms with Crippen molar-refractivity contribution in [2.45, 2.75) is 0 Å². The topological polar surface area (TPSA) is 80.9 Å². The number of hydrogen-bond donors (Lipinski definition) is 1. The highest BCUT2D eigenvalue weighted by Gasteiger charge is 2.15. The van der Waals surface area contributed by atoms with Gasteiger partial charge in [-0.1, -0.05) is 66.7 Å². The van der Waals surface area contributed by atoms with Crippen LogP contribution in [-0.2, 0) is 0 Å². The number of nitrogens with zero attached hydrogens (tertiary/aromatic N) is 1. The number of nitrogens with one attached hydrogen (secondary N) is 1. The van der Waals surface area contributed by atoms with Crippen LogP contribution < -0.4 is 15.8 Å². The molecule has 6 nitrogen and oxygen atoms in total. The van der Waals surface area contributed by atoms with Gasteiger partial charge in [-0.25, -0.2) is 10.2 Å². The molecular weight excluding hydrogens is 404 g/mol. The minimum Gasteiger partial charge on any atom is -0.496 e. The molecule has 1 heterocycles. The van der Waals surface area contributed by atoms with E-state index in [1.165, 1.54) is 12.3 Å². The molecule has 1 amide bonds. The molecule has 1 N–H and O–H groups in total. The van der Waals surface area contributed by atoms with Crippen LogP contribution in [0.25, 0.3) is 32.5 Å². The third-order valence-electron chi connectivity index (χ3n) is 5.38. The van der Waals surface area contributed by atoms with E-state index in [1.807, 2.05) is 72.8 Å². The Balaban J connectivity index is 1.48. The van der Waals surface area contributed by atoms with Gasteiger partial charge in [-0.3, -0.25) is 4.79 Å². The molecule has 5 aromatic rings. The number of carbonyl (C=O) groups is 1. The fourth-order valence-corrected chi connectivity index (χ4v) is 3.81. The Hall–Kier alpha value is -4.45. The average molecular weight is 422 g/mol. The third kappa shape index (κ3) is 3.37. The van der Waals surface area contributed by atoms with Gasteiger partial charge in [0, 0.05) is 16.3 Å². The standard InChI is InChI=1S/C26H18N2O4/c1-31-23-13-12-16-6-2-4-8-19(16)22(23)15-27-28-25(29)21-14-18-11-10-17-7-3-5-9-20(17)24(18)32-26(21)30/h2-15H,1H3,(H,28,29)/b27-15+. The van der Waals surface area contributed by atoms with Gasteiger partial charge in [0.25, 0.3) is 5.91 Å².